The van der Waals surface area contributed by atoms with E-state index in [-0.39, 0.29) is 0 Å². The molecule has 0 saturated carbocycles. The summed E-state index contributed by atoms with van der Waals surface area (Å²) in [5, 5.41) is 0. The summed E-state index contributed by atoms with van der Waals surface area (Å²) in [6, 6.07) is 7.23. The van der Waals surface area contributed by atoms with Gasteiger partial charge < -0.3 is 0 Å². The molecule has 1 aliphatic rings. The van der Waals surface area contributed by atoms with Crippen LogP contribution in [-0.4, -0.2) is 26.7 Å². The van der Waals surface area contributed by atoms with E-state index in [0.717, 1.165) is 24.2 Å². The quantitative estimate of drug-likeness (QED) is 0.573. The zero-order valence-corrected chi connectivity index (χ0v) is 17.8. The van der Waals surface area contributed by atoms with Gasteiger partial charge in [0.05, 0.1) is 4.90 Å². The molecule has 0 heterocycles. The summed E-state index contributed by atoms with van der Waals surface area (Å²) < 4.78 is 22.8. The van der Waals surface area contributed by atoms with Crippen LogP contribution in [-0.2, 0) is 9.84 Å². The topological polar surface area (TPSA) is 34.1 Å². The molecular formula is C21H32O2S2. The van der Waals surface area contributed by atoms with Crippen molar-refractivity contribution >= 4 is 27.2 Å². The SMILES string of the molecule is C/C=C/C1=C(c2ccc(S(C)(=O)=O)cc2)CCC1.C=CCSC.CC. The van der Waals surface area contributed by atoms with Gasteiger partial charge in [0.15, 0.2) is 9.84 Å². The summed E-state index contributed by atoms with van der Waals surface area (Å²) in [7, 11) is -3.10. The van der Waals surface area contributed by atoms with Crippen molar-refractivity contribution in [3.8, 4) is 0 Å². The van der Waals surface area contributed by atoms with E-state index < -0.39 is 9.84 Å². The summed E-state index contributed by atoms with van der Waals surface area (Å²) in [6.45, 7) is 9.55. The third-order valence-electron chi connectivity index (χ3n) is 3.54. The van der Waals surface area contributed by atoms with E-state index in [1.54, 1.807) is 23.9 Å². The molecule has 2 nitrogen and oxygen atoms in total. The van der Waals surface area contributed by atoms with E-state index in [1.807, 2.05) is 39.0 Å². The van der Waals surface area contributed by atoms with Gasteiger partial charge in [0.25, 0.3) is 0 Å². The molecule has 4 heteroatoms. The van der Waals surface area contributed by atoms with E-state index in [1.165, 1.54) is 23.8 Å². The lowest BCUT2D eigenvalue weighted by Crippen LogP contribution is -1.96. The van der Waals surface area contributed by atoms with Crippen molar-refractivity contribution in [3.05, 3.63) is 60.2 Å². The number of rotatable bonds is 5. The van der Waals surface area contributed by atoms with E-state index >= 15 is 0 Å². The molecule has 0 radical (unpaired) electrons. The van der Waals surface area contributed by atoms with Crippen LogP contribution in [0.1, 0.15) is 45.6 Å². The molecule has 0 aromatic heterocycles. The first-order valence-corrected chi connectivity index (χ1v) is 12.0. The molecule has 25 heavy (non-hydrogen) atoms. The molecule has 2 rings (SSSR count). The maximum absolute atomic E-state index is 11.4. The largest absolute Gasteiger partial charge is 0.224 e. The van der Waals surface area contributed by atoms with Gasteiger partial charge >= 0.3 is 0 Å². The average molecular weight is 381 g/mol. The number of hydrogen-bond acceptors (Lipinski definition) is 3. The highest BCUT2D eigenvalue weighted by Gasteiger charge is 2.14. The van der Waals surface area contributed by atoms with Crippen molar-refractivity contribution < 1.29 is 8.42 Å². The first kappa shape index (κ1) is 23.7. The van der Waals surface area contributed by atoms with Gasteiger partial charge in [-0.05, 0) is 61.3 Å². The van der Waals surface area contributed by atoms with Crippen LogP contribution < -0.4 is 0 Å². The standard InChI is InChI=1S/C15H18O2S.C4H8S.C2H6/c1-3-5-12-6-4-7-15(12)13-8-10-14(11-9-13)18(2,16)17;1-3-4-5-2;1-2/h3,5,8-11H,4,6-7H2,1-2H3;3H,1,4H2,2H3;1-2H3/b5-3+;;. The molecule has 0 spiro atoms. The fraction of sp³-hybridized carbons (Fsp3) is 0.429. The van der Waals surface area contributed by atoms with Crippen molar-refractivity contribution in [1.29, 1.82) is 0 Å². The highest BCUT2D eigenvalue weighted by atomic mass is 32.2. The fourth-order valence-electron chi connectivity index (χ4n) is 2.50. The van der Waals surface area contributed by atoms with Crippen LogP contribution in [0.2, 0.25) is 0 Å². The number of benzene rings is 1. The molecule has 0 saturated heterocycles. The van der Waals surface area contributed by atoms with Crippen molar-refractivity contribution in [1.82, 2.24) is 0 Å². The minimum absolute atomic E-state index is 0.387. The van der Waals surface area contributed by atoms with Crippen molar-refractivity contribution in [2.24, 2.45) is 0 Å². The number of sulfone groups is 1. The molecule has 0 amide bonds. The second-order valence-corrected chi connectivity index (χ2v) is 8.32. The molecule has 1 aromatic carbocycles. The summed E-state index contributed by atoms with van der Waals surface area (Å²) in [5.41, 5.74) is 3.88. The summed E-state index contributed by atoms with van der Waals surface area (Å²) in [6.07, 6.45) is 12.8. The highest BCUT2D eigenvalue weighted by molar-refractivity contribution is 7.98. The Hall–Kier alpha value is -1.26. The summed E-state index contributed by atoms with van der Waals surface area (Å²) in [5.74, 6) is 1.07. The Morgan fingerprint density at radius 1 is 1.16 bits per heavy atom. The normalized spacial score (nSPS) is 13.8. The van der Waals surface area contributed by atoms with E-state index in [9.17, 15) is 8.42 Å². The van der Waals surface area contributed by atoms with Gasteiger partial charge in [-0.25, -0.2) is 8.42 Å². The molecule has 0 unspecified atom stereocenters. The number of allylic oxidation sites excluding steroid dienone is 4. The van der Waals surface area contributed by atoms with E-state index in [4.69, 9.17) is 0 Å². The molecule has 140 valence electrons. The third-order valence-corrected chi connectivity index (χ3v) is 5.24. The average Bonchev–Trinajstić information content (AvgIpc) is 3.06. The first-order chi connectivity index (χ1) is 11.9. The Balaban J connectivity index is 0.000000710. The van der Waals surface area contributed by atoms with Crippen molar-refractivity contribution in [3.63, 3.8) is 0 Å². The molecule has 1 aromatic rings. The Kier molecular flexibility index (Phi) is 12.4. The molecule has 0 N–H and O–H groups in total. The van der Waals surface area contributed by atoms with Crippen molar-refractivity contribution in [2.75, 3.05) is 18.3 Å². The molecular weight excluding hydrogens is 348 g/mol. The zero-order valence-electron chi connectivity index (χ0n) is 16.2. The summed E-state index contributed by atoms with van der Waals surface area (Å²) in [4.78, 5) is 0.387. The van der Waals surface area contributed by atoms with Gasteiger partial charge in [0.1, 0.15) is 0 Å². The lowest BCUT2D eigenvalue weighted by molar-refractivity contribution is 0.602. The third kappa shape index (κ3) is 8.59. The molecule has 0 bridgehead atoms. The number of thioether (sulfide) groups is 1. The van der Waals surface area contributed by atoms with Gasteiger partial charge in [-0.3, -0.25) is 0 Å². The maximum Gasteiger partial charge on any atom is 0.175 e. The van der Waals surface area contributed by atoms with Gasteiger partial charge in [0, 0.05) is 12.0 Å². The van der Waals surface area contributed by atoms with Crippen molar-refractivity contribution in [2.45, 2.75) is 44.9 Å². The van der Waals surface area contributed by atoms with Gasteiger partial charge in [0.2, 0.25) is 0 Å². The van der Waals surface area contributed by atoms with Crippen LogP contribution in [0.25, 0.3) is 5.57 Å². The molecule has 0 fully saturated rings. The Labute approximate surface area is 159 Å². The highest BCUT2D eigenvalue weighted by Crippen LogP contribution is 2.34. The fourth-order valence-corrected chi connectivity index (χ4v) is 3.37. The zero-order chi connectivity index (χ0) is 19.3. The molecule has 1 aliphatic carbocycles. The minimum atomic E-state index is -3.10. The van der Waals surface area contributed by atoms with Gasteiger partial charge in [-0.2, -0.15) is 11.8 Å². The summed E-state index contributed by atoms with van der Waals surface area (Å²) >= 11 is 1.78. The van der Waals surface area contributed by atoms with Crippen LogP contribution in [0.4, 0.5) is 0 Å². The first-order valence-electron chi connectivity index (χ1n) is 8.69. The predicted octanol–water partition coefficient (Wildman–Crippen LogP) is 6.17. The van der Waals surface area contributed by atoms with E-state index in [2.05, 4.69) is 25.0 Å². The van der Waals surface area contributed by atoms with Crippen LogP contribution in [0.3, 0.4) is 0 Å². The molecule has 0 atom stereocenters. The van der Waals surface area contributed by atoms with Crippen LogP contribution in [0.5, 0.6) is 0 Å². The van der Waals surface area contributed by atoms with Crippen LogP contribution in [0.15, 0.2) is 59.5 Å². The molecule has 0 aliphatic heterocycles. The van der Waals surface area contributed by atoms with Gasteiger partial charge in [-0.15, -0.1) is 6.58 Å². The Morgan fingerprint density at radius 2 is 1.76 bits per heavy atom. The Bertz CT molecular complexity index is 666. The Morgan fingerprint density at radius 3 is 2.16 bits per heavy atom. The second-order valence-electron chi connectivity index (χ2n) is 5.40. The lowest BCUT2D eigenvalue weighted by atomic mass is 10.0. The van der Waals surface area contributed by atoms with Crippen LogP contribution in [0, 0.1) is 0 Å². The van der Waals surface area contributed by atoms with Crippen LogP contribution >= 0.6 is 11.8 Å². The lowest BCUT2D eigenvalue weighted by Gasteiger charge is -2.06. The van der Waals surface area contributed by atoms with E-state index in [0.29, 0.717) is 4.90 Å². The van der Waals surface area contributed by atoms with Gasteiger partial charge in [-0.1, -0.05) is 44.2 Å². The second kappa shape index (κ2) is 13.0. The predicted molar refractivity (Wildman–Crippen MR) is 115 cm³/mol. The smallest absolute Gasteiger partial charge is 0.175 e. The number of hydrogen-bond donors (Lipinski definition) is 0. The maximum atomic E-state index is 11.4. The minimum Gasteiger partial charge on any atom is -0.224 e. The monoisotopic (exact) mass is 380 g/mol.